The van der Waals surface area contributed by atoms with Crippen molar-refractivity contribution >= 4 is 70.1 Å². The summed E-state index contributed by atoms with van der Waals surface area (Å²) in [5.74, 6) is 0. The van der Waals surface area contributed by atoms with E-state index in [2.05, 4.69) is 254 Å². The summed E-state index contributed by atoms with van der Waals surface area (Å²) < 4.78 is 2.68. The summed E-state index contributed by atoms with van der Waals surface area (Å²) in [4.78, 5) is 2.40. The highest BCUT2D eigenvalue weighted by Crippen LogP contribution is 2.56. The van der Waals surface area contributed by atoms with E-state index in [1.165, 1.54) is 97.4 Å². The topological polar surface area (TPSA) is 3.24 Å². The van der Waals surface area contributed by atoms with Crippen molar-refractivity contribution in [1.29, 1.82) is 0 Å². The highest BCUT2D eigenvalue weighted by atomic mass is 32.1. The summed E-state index contributed by atoms with van der Waals surface area (Å²) in [5.41, 5.74) is 15.4. The second-order valence-electron chi connectivity index (χ2n) is 17.2. The van der Waals surface area contributed by atoms with Gasteiger partial charge in [0, 0.05) is 42.6 Å². The van der Waals surface area contributed by atoms with Crippen LogP contribution in [0.15, 0.2) is 249 Å². The van der Waals surface area contributed by atoms with Crippen molar-refractivity contribution in [2.24, 2.45) is 0 Å². The Balaban J connectivity index is 0.960. The molecule has 304 valence electrons. The van der Waals surface area contributed by atoms with Gasteiger partial charge >= 0.3 is 0 Å². The fraction of sp³-hybridized carbons (Fsp3) is 0.0159. The zero-order chi connectivity index (χ0) is 42.9. The number of hydrogen-bond acceptors (Lipinski definition) is 2. The molecule has 0 amide bonds. The fourth-order valence-electron chi connectivity index (χ4n) is 10.8. The third-order valence-corrected chi connectivity index (χ3v) is 15.0. The Morgan fingerprint density at radius 1 is 0.323 bits per heavy atom. The molecule has 1 heterocycles. The Morgan fingerprint density at radius 3 is 1.49 bits per heavy atom. The molecule has 2 heteroatoms. The van der Waals surface area contributed by atoms with Crippen LogP contribution in [0.5, 0.6) is 0 Å². The molecule has 65 heavy (non-hydrogen) atoms. The van der Waals surface area contributed by atoms with Crippen molar-refractivity contribution < 1.29 is 0 Å². The van der Waals surface area contributed by atoms with Crippen LogP contribution in [0.25, 0.3) is 75.1 Å². The number of hydrogen-bond donors (Lipinski definition) is 0. The van der Waals surface area contributed by atoms with Crippen LogP contribution in [0.2, 0.25) is 0 Å². The molecule has 0 saturated heterocycles. The minimum absolute atomic E-state index is 0.458. The molecule has 0 atom stereocenters. The first-order valence-corrected chi connectivity index (χ1v) is 23.2. The maximum atomic E-state index is 2.40. The predicted molar refractivity (Wildman–Crippen MR) is 277 cm³/mol. The molecule has 0 bridgehead atoms. The van der Waals surface area contributed by atoms with E-state index >= 15 is 0 Å². The Morgan fingerprint density at radius 2 is 0.815 bits per heavy atom. The maximum absolute atomic E-state index is 2.40. The molecule has 1 nitrogen and oxygen atoms in total. The number of nitrogens with zero attached hydrogens (tertiary/aromatic N) is 1. The van der Waals surface area contributed by atoms with Gasteiger partial charge in [-0.2, -0.15) is 0 Å². The van der Waals surface area contributed by atoms with E-state index in [0.717, 1.165) is 17.1 Å². The fourth-order valence-corrected chi connectivity index (χ4v) is 12.1. The van der Waals surface area contributed by atoms with Gasteiger partial charge < -0.3 is 4.90 Å². The van der Waals surface area contributed by atoms with E-state index in [1.807, 2.05) is 11.3 Å². The van der Waals surface area contributed by atoms with Crippen LogP contribution in [0.3, 0.4) is 0 Å². The van der Waals surface area contributed by atoms with E-state index < -0.39 is 5.41 Å². The first kappa shape index (κ1) is 37.5. The van der Waals surface area contributed by atoms with Crippen LogP contribution in [-0.4, -0.2) is 0 Å². The number of fused-ring (bicyclic) bond motifs is 10. The van der Waals surface area contributed by atoms with Crippen LogP contribution in [-0.2, 0) is 5.41 Å². The molecular formula is C63H41NS. The molecule has 12 aromatic rings. The second-order valence-corrected chi connectivity index (χ2v) is 18.2. The molecule has 0 unspecified atom stereocenters. The van der Waals surface area contributed by atoms with Crippen molar-refractivity contribution in [3.05, 3.63) is 271 Å². The maximum Gasteiger partial charge on any atom is 0.0713 e. The van der Waals surface area contributed by atoms with Crippen LogP contribution >= 0.6 is 11.3 Å². The average Bonchev–Trinajstić information content (AvgIpc) is 3.92. The average molecular weight is 844 g/mol. The number of thiophene rings is 1. The summed E-state index contributed by atoms with van der Waals surface area (Å²) in [7, 11) is 0. The smallest absolute Gasteiger partial charge is 0.0713 e. The summed E-state index contributed by atoms with van der Waals surface area (Å²) in [5, 5.41) is 7.82. The lowest BCUT2D eigenvalue weighted by Crippen LogP contribution is -2.28. The van der Waals surface area contributed by atoms with Gasteiger partial charge in [0.2, 0.25) is 0 Å². The van der Waals surface area contributed by atoms with E-state index in [9.17, 15) is 0 Å². The van der Waals surface area contributed by atoms with Crippen LogP contribution in [0, 0.1) is 0 Å². The van der Waals surface area contributed by atoms with Gasteiger partial charge in [-0.3, -0.25) is 0 Å². The molecule has 13 rings (SSSR count). The first-order valence-electron chi connectivity index (χ1n) is 22.4. The molecule has 0 radical (unpaired) electrons. The van der Waals surface area contributed by atoms with Gasteiger partial charge in [0.05, 0.1) is 5.41 Å². The van der Waals surface area contributed by atoms with Crippen molar-refractivity contribution in [3.63, 3.8) is 0 Å². The van der Waals surface area contributed by atoms with Gasteiger partial charge in [-0.05, 0) is 120 Å². The molecule has 0 saturated carbocycles. The van der Waals surface area contributed by atoms with E-state index in [1.54, 1.807) is 0 Å². The van der Waals surface area contributed by atoms with Gasteiger partial charge in [-0.15, -0.1) is 11.3 Å². The van der Waals surface area contributed by atoms with E-state index in [4.69, 9.17) is 0 Å². The summed E-state index contributed by atoms with van der Waals surface area (Å²) in [6, 6.07) is 91.9. The normalized spacial score (nSPS) is 12.7. The van der Waals surface area contributed by atoms with Gasteiger partial charge in [0.15, 0.2) is 0 Å². The van der Waals surface area contributed by atoms with Gasteiger partial charge in [0.1, 0.15) is 0 Å². The molecule has 0 spiro atoms. The van der Waals surface area contributed by atoms with Crippen molar-refractivity contribution in [3.8, 4) is 33.4 Å². The monoisotopic (exact) mass is 843 g/mol. The Labute approximate surface area is 382 Å². The Kier molecular flexibility index (Phi) is 8.69. The first-order chi connectivity index (χ1) is 32.2. The molecule has 1 aliphatic carbocycles. The Hall–Kier alpha value is -8.04. The summed E-state index contributed by atoms with van der Waals surface area (Å²) >= 11 is 1.90. The largest absolute Gasteiger partial charge is 0.311 e. The van der Waals surface area contributed by atoms with E-state index in [0.29, 0.717) is 0 Å². The molecule has 1 aliphatic rings. The van der Waals surface area contributed by atoms with Gasteiger partial charge in [-0.25, -0.2) is 0 Å². The van der Waals surface area contributed by atoms with E-state index in [-0.39, 0.29) is 0 Å². The quantitative estimate of drug-likeness (QED) is 0.145. The molecule has 0 aliphatic heterocycles. The van der Waals surface area contributed by atoms with Gasteiger partial charge in [0.25, 0.3) is 0 Å². The summed E-state index contributed by atoms with van der Waals surface area (Å²) in [6.45, 7) is 0. The number of rotatable bonds is 7. The number of benzene rings is 11. The second kappa shape index (κ2) is 15.1. The highest BCUT2D eigenvalue weighted by molar-refractivity contribution is 7.26. The minimum Gasteiger partial charge on any atom is -0.311 e. The van der Waals surface area contributed by atoms with Gasteiger partial charge in [-0.1, -0.05) is 200 Å². The molecule has 0 N–H and O–H groups in total. The Bertz CT molecular complexity index is 3690. The van der Waals surface area contributed by atoms with Crippen LogP contribution in [0.1, 0.15) is 22.3 Å². The predicted octanol–water partition coefficient (Wildman–Crippen LogP) is 17.5. The van der Waals surface area contributed by atoms with Crippen molar-refractivity contribution in [2.45, 2.75) is 5.41 Å². The van der Waals surface area contributed by atoms with Crippen LogP contribution in [0.4, 0.5) is 17.1 Å². The zero-order valence-electron chi connectivity index (χ0n) is 35.5. The van der Waals surface area contributed by atoms with Crippen molar-refractivity contribution in [1.82, 2.24) is 0 Å². The zero-order valence-corrected chi connectivity index (χ0v) is 36.3. The highest BCUT2D eigenvalue weighted by Gasteiger charge is 2.45. The summed E-state index contributed by atoms with van der Waals surface area (Å²) in [6.07, 6.45) is 0. The van der Waals surface area contributed by atoms with Crippen LogP contribution < -0.4 is 4.90 Å². The molecule has 1 aromatic heterocycles. The SMILES string of the molecule is c1ccc(-c2ccc(N(c3ccc(-c4cc5ccccc5c5c4ccc4c6ccccc6sc45)cc3)c3ccc(C4(c5ccccc5)c5ccccc5-c5ccccc54)cc3)cc2)cc1. The van der Waals surface area contributed by atoms with Crippen molar-refractivity contribution in [2.75, 3.05) is 4.90 Å². The molecule has 11 aromatic carbocycles. The lowest BCUT2D eigenvalue weighted by Gasteiger charge is -2.34. The molecule has 0 fully saturated rings. The standard InChI is InChI=1S/C63H41NS/c1-3-15-42(16-4-1)43-27-33-48(34-28-43)64(50-37-31-47(32-38-50)63(46-18-5-2-6-19-46)58-24-12-9-21-52(58)53-22-10-13-25-59(53)63)49-35-29-44(30-36-49)57-41-45-17-7-8-20-51(45)61-55(57)39-40-56-54-23-11-14-26-60(54)65-62(56)61/h1-41H. The minimum atomic E-state index is -0.458. The number of anilines is 3. The third kappa shape index (κ3) is 5.85. The molecular weight excluding hydrogens is 803 g/mol. The lowest BCUT2D eigenvalue weighted by atomic mass is 9.68. The lowest BCUT2D eigenvalue weighted by molar-refractivity contribution is 0.768. The third-order valence-electron chi connectivity index (χ3n) is 13.8.